The molecule has 31 heavy (non-hydrogen) atoms. The fourth-order valence-electron chi connectivity index (χ4n) is 3.03. The van der Waals surface area contributed by atoms with Crippen LogP contribution in [0.4, 0.5) is 11.6 Å². The van der Waals surface area contributed by atoms with Crippen LogP contribution in [-0.4, -0.2) is 25.5 Å². The summed E-state index contributed by atoms with van der Waals surface area (Å²) in [5.74, 6) is 1.26. The van der Waals surface area contributed by atoms with Gasteiger partial charge < -0.3 is 10.1 Å². The van der Waals surface area contributed by atoms with Crippen LogP contribution in [0, 0.1) is 6.92 Å². The molecule has 0 saturated carbocycles. The van der Waals surface area contributed by atoms with Gasteiger partial charge in [-0.1, -0.05) is 42.0 Å². The Morgan fingerprint density at radius 1 is 0.839 bits per heavy atom. The largest absolute Gasteiger partial charge is 0.497 e. The van der Waals surface area contributed by atoms with E-state index in [0.717, 1.165) is 16.9 Å². The lowest BCUT2D eigenvalue weighted by Gasteiger charge is -2.14. The van der Waals surface area contributed by atoms with E-state index in [1.165, 1.54) is 0 Å². The summed E-state index contributed by atoms with van der Waals surface area (Å²) in [4.78, 5) is 9.26. The van der Waals surface area contributed by atoms with E-state index in [9.17, 15) is 8.42 Å². The summed E-state index contributed by atoms with van der Waals surface area (Å²) >= 11 is 0. The summed E-state index contributed by atoms with van der Waals surface area (Å²) in [6.07, 6.45) is 0. The molecule has 3 aromatic carbocycles. The standard InChI is InChI=1S/C23H22N4O3S/c1-16-7-13-19(14-8-16)31(28,29)27-23-22(25-20-5-3-4-6-21(20)26-23)24-15-17-9-11-18(30-2)12-10-17/h3-14H,15H2,1-2H3,(H,24,25)(H,26,27). The molecule has 0 fully saturated rings. The van der Waals surface area contributed by atoms with Crippen molar-refractivity contribution in [3.8, 4) is 5.75 Å². The number of benzene rings is 3. The molecule has 158 valence electrons. The van der Waals surface area contributed by atoms with Gasteiger partial charge in [0.2, 0.25) is 0 Å². The Hall–Kier alpha value is -3.65. The number of aryl methyl sites for hydroxylation is 1. The Morgan fingerprint density at radius 2 is 1.45 bits per heavy atom. The minimum atomic E-state index is -3.82. The van der Waals surface area contributed by atoms with Crippen molar-refractivity contribution in [3.05, 3.63) is 83.9 Å². The van der Waals surface area contributed by atoms with Gasteiger partial charge in [0.1, 0.15) is 5.75 Å². The maximum Gasteiger partial charge on any atom is 0.263 e. The second kappa shape index (κ2) is 8.61. The summed E-state index contributed by atoms with van der Waals surface area (Å²) in [7, 11) is -2.21. The third-order valence-corrected chi connectivity index (χ3v) is 6.11. The van der Waals surface area contributed by atoms with Crippen molar-refractivity contribution in [1.82, 2.24) is 9.97 Å². The number of ether oxygens (including phenoxy) is 1. The average molecular weight is 435 g/mol. The number of fused-ring (bicyclic) bond motifs is 1. The van der Waals surface area contributed by atoms with Crippen molar-refractivity contribution in [1.29, 1.82) is 0 Å². The van der Waals surface area contributed by atoms with Crippen LogP contribution in [0.2, 0.25) is 0 Å². The normalized spacial score (nSPS) is 11.3. The Kier molecular flexibility index (Phi) is 5.73. The van der Waals surface area contributed by atoms with E-state index in [1.807, 2.05) is 49.4 Å². The number of anilines is 2. The monoisotopic (exact) mass is 434 g/mol. The van der Waals surface area contributed by atoms with Crippen molar-refractivity contribution in [2.45, 2.75) is 18.4 Å². The first kappa shape index (κ1) is 20.6. The zero-order valence-corrected chi connectivity index (χ0v) is 18.0. The van der Waals surface area contributed by atoms with Gasteiger partial charge in [-0.2, -0.15) is 0 Å². The predicted molar refractivity (Wildman–Crippen MR) is 122 cm³/mol. The van der Waals surface area contributed by atoms with Gasteiger partial charge in [-0.3, -0.25) is 4.72 Å². The Bertz CT molecular complexity index is 1310. The summed E-state index contributed by atoms with van der Waals surface area (Å²) in [5.41, 5.74) is 3.23. The lowest BCUT2D eigenvalue weighted by atomic mass is 10.2. The van der Waals surface area contributed by atoms with Gasteiger partial charge in [0.25, 0.3) is 10.0 Å². The van der Waals surface area contributed by atoms with Gasteiger partial charge in [-0.05, 0) is 48.9 Å². The highest BCUT2D eigenvalue weighted by atomic mass is 32.2. The highest BCUT2D eigenvalue weighted by molar-refractivity contribution is 7.92. The SMILES string of the molecule is COc1ccc(CNc2nc3ccccc3nc2NS(=O)(=O)c2ccc(C)cc2)cc1. The van der Waals surface area contributed by atoms with Crippen LogP contribution in [0.1, 0.15) is 11.1 Å². The van der Waals surface area contributed by atoms with Gasteiger partial charge >= 0.3 is 0 Å². The Morgan fingerprint density at radius 3 is 2.06 bits per heavy atom. The molecular formula is C23H22N4O3S. The van der Waals surface area contributed by atoms with Crippen LogP contribution >= 0.6 is 0 Å². The predicted octanol–water partition coefficient (Wildman–Crippen LogP) is 4.36. The third-order valence-electron chi connectivity index (χ3n) is 4.75. The minimum Gasteiger partial charge on any atom is -0.497 e. The molecule has 2 N–H and O–H groups in total. The molecule has 0 aliphatic rings. The van der Waals surface area contributed by atoms with E-state index >= 15 is 0 Å². The van der Waals surface area contributed by atoms with Crippen LogP contribution in [0.5, 0.6) is 5.75 Å². The van der Waals surface area contributed by atoms with Crippen LogP contribution in [0.3, 0.4) is 0 Å². The van der Waals surface area contributed by atoms with Crippen LogP contribution in [-0.2, 0) is 16.6 Å². The molecule has 0 amide bonds. The van der Waals surface area contributed by atoms with Crippen molar-refractivity contribution < 1.29 is 13.2 Å². The Balaban J connectivity index is 1.66. The number of rotatable bonds is 7. The molecule has 0 bridgehead atoms. The molecule has 1 heterocycles. The highest BCUT2D eigenvalue weighted by Gasteiger charge is 2.18. The molecule has 0 unspecified atom stereocenters. The first-order chi connectivity index (χ1) is 14.9. The van der Waals surface area contributed by atoms with Crippen molar-refractivity contribution in [2.24, 2.45) is 0 Å². The van der Waals surface area contributed by atoms with Gasteiger partial charge in [0.15, 0.2) is 11.6 Å². The fraction of sp³-hybridized carbons (Fsp3) is 0.130. The van der Waals surface area contributed by atoms with E-state index < -0.39 is 10.0 Å². The summed E-state index contributed by atoms with van der Waals surface area (Å²) in [5, 5.41) is 3.20. The molecule has 0 aliphatic carbocycles. The number of methoxy groups -OCH3 is 1. The lowest BCUT2D eigenvalue weighted by Crippen LogP contribution is -2.16. The quantitative estimate of drug-likeness (QED) is 0.449. The molecule has 7 nitrogen and oxygen atoms in total. The van der Waals surface area contributed by atoms with Gasteiger partial charge in [0.05, 0.1) is 23.0 Å². The number of hydrogen-bond donors (Lipinski definition) is 2. The molecule has 0 atom stereocenters. The summed E-state index contributed by atoms with van der Waals surface area (Å²) in [6, 6.07) is 21.5. The van der Waals surface area contributed by atoms with Crippen molar-refractivity contribution in [2.75, 3.05) is 17.1 Å². The molecular weight excluding hydrogens is 412 g/mol. The highest BCUT2D eigenvalue weighted by Crippen LogP contribution is 2.25. The zero-order valence-electron chi connectivity index (χ0n) is 17.2. The van der Waals surface area contributed by atoms with Crippen molar-refractivity contribution >= 4 is 32.7 Å². The second-order valence-corrected chi connectivity index (χ2v) is 8.71. The number of para-hydroxylation sites is 2. The van der Waals surface area contributed by atoms with E-state index in [0.29, 0.717) is 23.4 Å². The molecule has 0 aliphatic heterocycles. The number of sulfonamides is 1. The maximum atomic E-state index is 12.9. The average Bonchev–Trinajstić information content (AvgIpc) is 2.78. The molecule has 1 aromatic heterocycles. The zero-order chi connectivity index (χ0) is 21.8. The second-order valence-electron chi connectivity index (χ2n) is 7.03. The molecule has 0 saturated heterocycles. The number of nitrogens with one attached hydrogen (secondary N) is 2. The molecule has 4 rings (SSSR count). The topological polar surface area (TPSA) is 93.2 Å². The number of hydrogen-bond acceptors (Lipinski definition) is 6. The van der Waals surface area contributed by atoms with E-state index in [-0.39, 0.29) is 10.7 Å². The van der Waals surface area contributed by atoms with Crippen LogP contribution < -0.4 is 14.8 Å². The minimum absolute atomic E-state index is 0.146. The maximum absolute atomic E-state index is 12.9. The number of nitrogens with zero attached hydrogens (tertiary/aromatic N) is 2. The van der Waals surface area contributed by atoms with Crippen molar-refractivity contribution in [3.63, 3.8) is 0 Å². The van der Waals surface area contributed by atoms with E-state index in [1.54, 1.807) is 37.4 Å². The Labute approximate surface area is 181 Å². The van der Waals surface area contributed by atoms with E-state index in [2.05, 4.69) is 20.0 Å². The first-order valence-electron chi connectivity index (χ1n) is 9.68. The lowest BCUT2D eigenvalue weighted by molar-refractivity contribution is 0.414. The molecule has 0 spiro atoms. The fourth-order valence-corrected chi connectivity index (χ4v) is 4.04. The van der Waals surface area contributed by atoms with Crippen LogP contribution in [0.15, 0.2) is 77.7 Å². The van der Waals surface area contributed by atoms with Gasteiger partial charge in [0, 0.05) is 6.54 Å². The molecule has 0 radical (unpaired) electrons. The summed E-state index contributed by atoms with van der Waals surface area (Å²) in [6.45, 7) is 2.34. The van der Waals surface area contributed by atoms with Gasteiger partial charge in [-0.15, -0.1) is 0 Å². The third kappa shape index (κ3) is 4.75. The molecule has 8 heteroatoms. The van der Waals surface area contributed by atoms with Crippen LogP contribution in [0.25, 0.3) is 11.0 Å². The first-order valence-corrected chi connectivity index (χ1v) is 11.2. The van der Waals surface area contributed by atoms with E-state index in [4.69, 9.17) is 4.74 Å². The number of aromatic nitrogens is 2. The summed E-state index contributed by atoms with van der Waals surface area (Å²) < 4.78 is 33.6. The smallest absolute Gasteiger partial charge is 0.263 e. The van der Waals surface area contributed by atoms with Gasteiger partial charge in [-0.25, -0.2) is 18.4 Å². The molecule has 4 aromatic rings.